The molecule has 1 atom stereocenters. The van der Waals surface area contributed by atoms with Gasteiger partial charge in [0.2, 0.25) is 5.95 Å². The quantitative estimate of drug-likeness (QED) is 0.795. The van der Waals surface area contributed by atoms with E-state index in [1.165, 1.54) is 0 Å². The molecule has 0 aliphatic rings. The van der Waals surface area contributed by atoms with E-state index in [2.05, 4.69) is 4.98 Å². The number of hydrogen-bond acceptors (Lipinski definition) is 3. The van der Waals surface area contributed by atoms with Crippen molar-refractivity contribution in [2.24, 2.45) is 0 Å². The number of nitrogens with zero attached hydrogens (tertiary/aromatic N) is 2. The number of hydrogen-bond donors (Lipinski definition) is 1. The molecule has 0 spiro atoms. The molecule has 0 aliphatic heterocycles. The number of aromatic nitrogens is 2. The Balaban J connectivity index is 1.94. The lowest BCUT2D eigenvalue weighted by Crippen LogP contribution is -2.14. The van der Waals surface area contributed by atoms with E-state index in [1.807, 2.05) is 47.9 Å². The van der Waals surface area contributed by atoms with E-state index in [9.17, 15) is 0 Å². The van der Waals surface area contributed by atoms with Crippen molar-refractivity contribution in [1.29, 1.82) is 0 Å². The van der Waals surface area contributed by atoms with Gasteiger partial charge in [-0.15, -0.1) is 0 Å². The van der Waals surface area contributed by atoms with Gasteiger partial charge in [0.15, 0.2) is 6.23 Å². The molecule has 0 aliphatic carbocycles. The van der Waals surface area contributed by atoms with Crippen LogP contribution in [0.15, 0.2) is 48.5 Å². The van der Waals surface area contributed by atoms with Crippen molar-refractivity contribution < 1.29 is 4.74 Å². The molecule has 0 fully saturated rings. The van der Waals surface area contributed by atoms with Gasteiger partial charge < -0.3 is 10.5 Å². The van der Waals surface area contributed by atoms with Gasteiger partial charge in [0.1, 0.15) is 5.75 Å². The van der Waals surface area contributed by atoms with Crippen LogP contribution in [-0.2, 0) is 0 Å². The van der Waals surface area contributed by atoms with Crippen LogP contribution in [0.25, 0.3) is 11.0 Å². The second-order valence-corrected chi connectivity index (χ2v) is 4.94. The molecular formula is C15H14ClN3O. The summed E-state index contributed by atoms with van der Waals surface area (Å²) in [7, 11) is 0. The van der Waals surface area contributed by atoms with Crippen LogP contribution < -0.4 is 10.5 Å². The van der Waals surface area contributed by atoms with E-state index in [1.54, 1.807) is 12.1 Å². The fourth-order valence-corrected chi connectivity index (χ4v) is 2.33. The summed E-state index contributed by atoms with van der Waals surface area (Å²) in [6.45, 7) is 1.93. The van der Waals surface area contributed by atoms with E-state index in [0.717, 1.165) is 16.8 Å². The van der Waals surface area contributed by atoms with Gasteiger partial charge in [-0.1, -0.05) is 23.7 Å². The zero-order valence-electron chi connectivity index (χ0n) is 11.0. The highest BCUT2D eigenvalue weighted by Crippen LogP contribution is 2.25. The van der Waals surface area contributed by atoms with Crippen molar-refractivity contribution in [3.8, 4) is 5.75 Å². The van der Waals surface area contributed by atoms with Crippen molar-refractivity contribution in [3.05, 3.63) is 53.6 Å². The van der Waals surface area contributed by atoms with E-state index >= 15 is 0 Å². The second-order valence-electron chi connectivity index (χ2n) is 4.50. The first kappa shape index (κ1) is 12.8. The number of nitrogen functional groups attached to an aromatic ring is 1. The largest absolute Gasteiger partial charge is 0.470 e. The number of imidazole rings is 1. The Bertz CT molecular complexity index is 736. The molecule has 1 unspecified atom stereocenters. The predicted molar refractivity (Wildman–Crippen MR) is 80.9 cm³/mol. The molecular weight excluding hydrogens is 274 g/mol. The van der Waals surface area contributed by atoms with E-state index in [-0.39, 0.29) is 6.23 Å². The van der Waals surface area contributed by atoms with Gasteiger partial charge in [-0.2, -0.15) is 0 Å². The Kier molecular flexibility index (Phi) is 3.24. The molecule has 2 aromatic carbocycles. The highest BCUT2D eigenvalue weighted by Gasteiger charge is 2.14. The summed E-state index contributed by atoms with van der Waals surface area (Å²) in [5.74, 6) is 1.17. The van der Waals surface area contributed by atoms with Gasteiger partial charge in [0.05, 0.1) is 11.0 Å². The van der Waals surface area contributed by atoms with Gasteiger partial charge in [0, 0.05) is 5.02 Å². The van der Waals surface area contributed by atoms with Crippen molar-refractivity contribution >= 4 is 28.6 Å². The molecule has 1 heterocycles. The lowest BCUT2D eigenvalue weighted by molar-refractivity contribution is 0.159. The van der Waals surface area contributed by atoms with Crippen LogP contribution in [0.2, 0.25) is 5.02 Å². The average Bonchev–Trinajstić information content (AvgIpc) is 2.77. The van der Waals surface area contributed by atoms with Crippen LogP contribution in [-0.4, -0.2) is 9.55 Å². The summed E-state index contributed by atoms with van der Waals surface area (Å²) < 4.78 is 7.75. The Labute approximate surface area is 121 Å². The van der Waals surface area contributed by atoms with Gasteiger partial charge in [-0.3, -0.25) is 4.57 Å². The minimum atomic E-state index is -0.261. The van der Waals surface area contributed by atoms with Gasteiger partial charge in [-0.05, 0) is 43.3 Å². The van der Waals surface area contributed by atoms with E-state index in [0.29, 0.717) is 11.0 Å². The lowest BCUT2D eigenvalue weighted by Gasteiger charge is -2.18. The van der Waals surface area contributed by atoms with E-state index < -0.39 is 0 Å². The molecule has 20 heavy (non-hydrogen) atoms. The fraction of sp³-hybridized carbons (Fsp3) is 0.133. The molecule has 5 heteroatoms. The maximum atomic E-state index is 5.98. The summed E-state index contributed by atoms with van der Waals surface area (Å²) in [4.78, 5) is 4.33. The molecule has 3 rings (SSSR count). The standard InChI is InChI=1S/C15H14ClN3O/c1-10(20-12-8-6-11(16)7-9-12)19-14-5-3-2-4-13(14)18-15(19)17/h2-10H,1H3,(H2,17,18). The molecule has 102 valence electrons. The maximum absolute atomic E-state index is 5.98. The van der Waals surface area contributed by atoms with Crippen LogP contribution in [0.1, 0.15) is 13.2 Å². The Morgan fingerprint density at radius 2 is 1.85 bits per heavy atom. The fourth-order valence-electron chi connectivity index (χ4n) is 2.21. The molecule has 0 saturated carbocycles. The predicted octanol–water partition coefficient (Wildman–Crippen LogP) is 3.87. The summed E-state index contributed by atoms with van der Waals surface area (Å²) in [6, 6.07) is 15.0. The second kappa shape index (κ2) is 5.06. The number of rotatable bonds is 3. The molecule has 0 bridgehead atoms. The first-order valence-corrected chi connectivity index (χ1v) is 6.67. The molecule has 3 aromatic rings. The normalized spacial score (nSPS) is 12.5. The number of halogens is 1. The number of nitrogens with two attached hydrogens (primary N) is 1. The summed E-state index contributed by atoms with van der Waals surface area (Å²) in [6.07, 6.45) is -0.261. The third-order valence-electron chi connectivity index (χ3n) is 3.11. The van der Waals surface area contributed by atoms with E-state index in [4.69, 9.17) is 22.1 Å². The summed E-state index contributed by atoms with van der Waals surface area (Å²) >= 11 is 5.86. The molecule has 0 radical (unpaired) electrons. The summed E-state index contributed by atoms with van der Waals surface area (Å²) in [5, 5.41) is 0.678. The Hall–Kier alpha value is -2.20. The summed E-state index contributed by atoms with van der Waals surface area (Å²) in [5.41, 5.74) is 7.79. The smallest absolute Gasteiger partial charge is 0.204 e. The Morgan fingerprint density at radius 3 is 2.60 bits per heavy atom. The number of benzene rings is 2. The zero-order valence-corrected chi connectivity index (χ0v) is 11.7. The molecule has 1 aromatic heterocycles. The van der Waals surface area contributed by atoms with Gasteiger partial charge >= 0.3 is 0 Å². The molecule has 0 saturated heterocycles. The first-order valence-electron chi connectivity index (χ1n) is 6.30. The zero-order chi connectivity index (χ0) is 14.1. The van der Waals surface area contributed by atoms with Crippen LogP contribution >= 0.6 is 11.6 Å². The minimum absolute atomic E-state index is 0.261. The number of anilines is 1. The number of ether oxygens (including phenoxy) is 1. The third kappa shape index (κ3) is 2.30. The van der Waals surface area contributed by atoms with Crippen LogP contribution in [0.4, 0.5) is 5.95 Å². The highest BCUT2D eigenvalue weighted by molar-refractivity contribution is 6.30. The third-order valence-corrected chi connectivity index (χ3v) is 3.36. The van der Waals surface area contributed by atoms with Crippen LogP contribution in [0, 0.1) is 0 Å². The minimum Gasteiger partial charge on any atom is -0.470 e. The molecule has 4 nitrogen and oxygen atoms in total. The monoisotopic (exact) mass is 287 g/mol. The molecule has 0 amide bonds. The average molecular weight is 288 g/mol. The van der Waals surface area contributed by atoms with Gasteiger partial charge in [0.25, 0.3) is 0 Å². The molecule has 2 N–H and O–H groups in total. The SMILES string of the molecule is CC(Oc1ccc(Cl)cc1)n1c(N)nc2ccccc21. The van der Waals surface area contributed by atoms with Gasteiger partial charge in [-0.25, -0.2) is 4.98 Å². The topological polar surface area (TPSA) is 53.1 Å². The maximum Gasteiger partial charge on any atom is 0.204 e. The van der Waals surface area contributed by atoms with Crippen LogP contribution in [0.3, 0.4) is 0 Å². The van der Waals surface area contributed by atoms with Crippen molar-refractivity contribution in [1.82, 2.24) is 9.55 Å². The number of fused-ring (bicyclic) bond motifs is 1. The van der Waals surface area contributed by atoms with Crippen LogP contribution in [0.5, 0.6) is 5.75 Å². The lowest BCUT2D eigenvalue weighted by atomic mass is 10.3. The first-order chi connectivity index (χ1) is 9.65. The Morgan fingerprint density at radius 1 is 1.15 bits per heavy atom. The highest BCUT2D eigenvalue weighted by atomic mass is 35.5. The van der Waals surface area contributed by atoms with Crippen molar-refractivity contribution in [3.63, 3.8) is 0 Å². The van der Waals surface area contributed by atoms with Crippen molar-refractivity contribution in [2.45, 2.75) is 13.2 Å². The number of para-hydroxylation sites is 2. The van der Waals surface area contributed by atoms with Crippen molar-refractivity contribution in [2.75, 3.05) is 5.73 Å².